The number of nitrogens with zero attached hydrogens (tertiary/aromatic N) is 3. The van der Waals surface area contributed by atoms with E-state index in [1.807, 2.05) is 45.9 Å². The molecule has 3 amide bonds. The first-order chi connectivity index (χ1) is 20.0. The van der Waals surface area contributed by atoms with Crippen LogP contribution in [0.4, 0.5) is 16.2 Å². The first-order valence-corrected chi connectivity index (χ1v) is 15.4. The maximum Gasteiger partial charge on any atom is 0.414 e. The van der Waals surface area contributed by atoms with Gasteiger partial charge in [-0.15, -0.1) is 0 Å². The lowest BCUT2D eigenvalue weighted by Crippen LogP contribution is -2.49. The molecule has 1 saturated heterocycles. The Balaban J connectivity index is 1.41. The minimum atomic E-state index is -0.692. The Labute approximate surface area is 248 Å². The van der Waals surface area contributed by atoms with Gasteiger partial charge in [0.05, 0.1) is 5.69 Å². The van der Waals surface area contributed by atoms with E-state index < -0.39 is 17.7 Å². The molecule has 1 aromatic heterocycles. The molecule has 1 aliphatic carbocycles. The van der Waals surface area contributed by atoms with Crippen LogP contribution < -0.4 is 15.5 Å². The SMILES string of the molecule is CCn1nccc1C(=O)NC(C(=O)Nc1ccc2c(c1)N(C(=O)OC(C)(C)C)CC21CCOCC1)C1CCC(C)CC1. The number of aromatic nitrogens is 2. The van der Waals surface area contributed by atoms with Crippen LogP contribution in [-0.4, -0.2) is 59.1 Å². The monoisotopic (exact) mass is 579 g/mol. The highest BCUT2D eigenvalue weighted by atomic mass is 16.6. The van der Waals surface area contributed by atoms with E-state index in [0.717, 1.165) is 49.8 Å². The summed E-state index contributed by atoms with van der Waals surface area (Å²) >= 11 is 0. The molecule has 2 N–H and O–H groups in total. The Hall–Kier alpha value is -3.40. The molecule has 0 bridgehead atoms. The van der Waals surface area contributed by atoms with Crippen molar-refractivity contribution in [2.75, 3.05) is 30.0 Å². The number of anilines is 2. The molecule has 0 radical (unpaired) electrons. The molecule has 1 unspecified atom stereocenters. The zero-order valence-electron chi connectivity index (χ0n) is 25.6. The fourth-order valence-electron chi connectivity index (χ4n) is 6.65. The van der Waals surface area contributed by atoms with Crippen molar-refractivity contribution in [2.45, 2.75) is 96.7 Å². The normalized spacial score (nSPS) is 22.4. The molecule has 1 atom stereocenters. The average Bonchev–Trinajstić information content (AvgIpc) is 3.55. The second kappa shape index (κ2) is 12.1. The van der Waals surface area contributed by atoms with Crippen LogP contribution in [-0.2, 0) is 26.2 Å². The number of hydrogen-bond donors (Lipinski definition) is 2. The quantitative estimate of drug-likeness (QED) is 0.482. The second-order valence-corrected chi connectivity index (χ2v) is 13.2. The Bertz CT molecular complexity index is 1300. The van der Waals surface area contributed by atoms with Crippen molar-refractivity contribution >= 4 is 29.3 Å². The van der Waals surface area contributed by atoms with Crippen molar-refractivity contribution in [3.05, 3.63) is 41.7 Å². The van der Waals surface area contributed by atoms with Crippen LogP contribution in [0.2, 0.25) is 0 Å². The second-order valence-electron chi connectivity index (χ2n) is 13.2. The van der Waals surface area contributed by atoms with Gasteiger partial charge in [0.15, 0.2) is 0 Å². The molecular formula is C32H45N5O5. The van der Waals surface area contributed by atoms with Gasteiger partial charge in [0.25, 0.3) is 5.91 Å². The van der Waals surface area contributed by atoms with Gasteiger partial charge in [-0.1, -0.05) is 25.8 Å². The van der Waals surface area contributed by atoms with Crippen molar-refractivity contribution in [3.8, 4) is 0 Å². The van der Waals surface area contributed by atoms with E-state index >= 15 is 0 Å². The number of benzene rings is 1. The van der Waals surface area contributed by atoms with E-state index in [4.69, 9.17) is 9.47 Å². The van der Waals surface area contributed by atoms with Crippen molar-refractivity contribution in [1.82, 2.24) is 15.1 Å². The molecule has 2 fully saturated rings. The first-order valence-electron chi connectivity index (χ1n) is 15.4. The lowest BCUT2D eigenvalue weighted by atomic mass is 9.76. The standard InChI is InChI=1S/C32H45N5O5/c1-6-37-25(13-16-33-37)28(38)35-27(22-9-7-21(2)8-10-22)29(39)34-23-11-12-24-26(19-23)36(30(40)42-31(3,4)5)20-32(24)14-17-41-18-15-32/h11-13,16,19,21-22,27H,6-10,14-15,17-18,20H2,1-5H3,(H,34,39)(H,35,38). The van der Waals surface area contributed by atoms with Crippen LogP contribution in [0.25, 0.3) is 0 Å². The number of amides is 3. The van der Waals surface area contributed by atoms with Gasteiger partial charge in [-0.2, -0.15) is 5.10 Å². The van der Waals surface area contributed by atoms with Crippen LogP contribution in [0.1, 0.15) is 89.2 Å². The van der Waals surface area contributed by atoms with Gasteiger partial charge in [-0.25, -0.2) is 4.79 Å². The summed E-state index contributed by atoms with van der Waals surface area (Å²) in [6.07, 6.45) is 6.61. The minimum absolute atomic E-state index is 0.0290. The molecule has 10 nitrogen and oxygen atoms in total. The Kier molecular flexibility index (Phi) is 8.64. The smallest absolute Gasteiger partial charge is 0.414 e. The third-order valence-corrected chi connectivity index (χ3v) is 9.00. The molecule has 228 valence electrons. The van der Waals surface area contributed by atoms with Crippen LogP contribution >= 0.6 is 0 Å². The number of hydrogen-bond acceptors (Lipinski definition) is 6. The van der Waals surface area contributed by atoms with Crippen LogP contribution in [0.3, 0.4) is 0 Å². The maximum absolute atomic E-state index is 13.9. The zero-order valence-corrected chi connectivity index (χ0v) is 25.6. The Morgan fingerprint density at radius 3 is 2.50 bits per heavy atom. The molecule has 1 spiro atoms. The topological polar surface area (TPSA) is 115 Å². The summed E-state index contributed by atoms with van der Waals surface area (Å²) in [5, 5.41) is 10.3. The van der Waals surface area contributed by atoms with E-state index in [-0.39, 0.29) is 23.1 Å². The average molecular weight is 580 g/mol. The highest BCUT2D eigenvalue weighted by molar-refractivity contribution is 6.01. The van der Waals surface area contributed by atoms with Crippen LogP contribution in [0.15, 0.2) is 30.5 Å². The number of carbonyl (C=O) groups excluding carboxylic acids is 3. The summed E-state index contributed by atoms with van der Waals surface area (Å²) in [6, 6.07) is 6.78. The van der Waals surface area contributed by atoms with E-state index in [0.29, 0.717) is 43.6 Å². The third kappa shape index (κ3) is 6.33. The number of carbonyl (C=O) groups is 3. The molecule has 3 heterocycles. The van der Waals surface area contributed by atoms with Gasteiger partial charge in [0.1, 0.15) is 17.3 Å². The zero-order chi connectivity index (χ0) is 30.1. The fourth-order valence-corrected chi connectivity index (χ4v) is 6.65. The molecule has 10 heteroatoms. The van der Waals surface area contributed by atoms with Gasteiger partial charge >= 0.3 is 6.09 Å². The Morgan fingerprint density at radius 1 is 1.12 bits per heavy atom. The number of fused-ring (bicyclic) bond motifs is 2. The lowest BCUT2D eigenvalue weighted by Gasteiger charge is -2.34. The molecule has 5 rings (SSSR count). The minimum Gasteiger partial charge on any atom is -0.443 e. The summed E-state index contributed by atoms with van der Waals surface area (Å²) in [5.41, 5.74) is 2.01. The highest BCUT2D eigenvalue weighted by Crippen LogP contribution is 2.48. The van der Waals surface area contributed by atoms with E-state index in [1.165, 1.54) is 0 Å². The molecular weight excluding hydrogens is 534 g/mol. The van der Waals surface area contributed by atoms with Gasteiger partial charge in [0.2, 0.25) is 5.91 Å². The predicted molar refractivity (Wildman–Crippen MR) is 161 cm³/mol. The van der Waals surface area contributed by atoms with Crippen molar-refractivity contribution < 1.29 is 23.9 Å². The summed E-state index contributed by atoms with van der Waals surface area (Å²) < 4.78 is 13.1. The van der Waals surface area contributed by atoms with Gasteiger partial charge in [-0.3, -0.25) is 19.2 Å². The molecule has 1 saturated carbocycles. The van der Waals surface area contributed by atoms with Crippen LogP contribution in [0, 0.1) is 11.8 Å². The first kappa shape index (κ1) is 30.1. The predicted octanol–water partition coefficient (Wildman–Crippen LogP) is 5.27. The third-order valence-electron chi connectivity index (χ3n) is 9.00. The fraction of sp³-hybridized carbons (Fsp3) is 0.625. The number of rotatable bonds is 6. The molecule has 2 aliphatic heterocycles. The number of nitrogens with one attached hydrogen (secondary N) is 2. The molecule has 42 heavy (non-hydrogen) atoms. The Morgan fingerprint density at radius 2 is 1.83 bits per heavy atom. The van der Waals surface area contributed by atoms with Crippen molar-refractivity contribution in [3.63, 3.8) is 0 Å². The summed E-state index contributed by atoms with van der Waals surface area (Å²) in [6.45, 7) is 12.1. The van der Waals surface area contributed by atoms with Crippen molar-refractivity contribution in [2.24, 2.45) is 11.8 Å². The number of ether oxygens (including phenoxy) is 2. The summed E-state index contributed by atoms with van der Waals surface area (Å²) in [7, 11) is 0. The largest absolute Gasteiger partial charge is 0.443 e. The van der Waals surface area contributed by atoms with Gasteiger partial charge in [0, 0.05) is 43.6 Å². The van der Waals surface area contributed by atoms with E-state index in [2.05, 4.69) is 22.7 Å². The molecule has 1 aromatic carbocycles. The summed E-state index contributed by atoms with van der Waals surface area (Å²) in [4.78, 5) is 42.2. The number of aryl methyl sites for hydroxylation is 1. The molecule has 3 aliphatic rings. The molecule has 2 aromatic rings. The van der Waals surface area contributed by atoms with Crippen molar-refractivity contribution in [1.29, 1.82) is 0 Å². The van der Waals surface area contributed by atoms with Gasteiger partial charge in [-0.05, 0) is 89.0 Å². The lowest BCUT2D eigenvalue weighted by molar-refractivity contribution is -0.119. The maximum atomic E-state index is 13.9. The van der Waals surface area contributed by atoms with Gasteiger partial charge < -0.3 is 20.1 Å². The van der Waals surface area contributed by atoms with E-state index in [9.17, 15) is 14.4 Å². The van der Waals surface area contributed by atoms with Crippen LogP contribution in [0.5, 0.6) is 0 Å². The van der Waals surface area contributed by atoms with E-state index in [1.54, 1.807) is 21.8 Å². The summed E-state index contributed by atoms with van der Waals surface area (Å²) in [5.74, 6) is 0.0734. The highest BCUT2D eigenvalue weighted by Gasteiger charge is 2.47.